The molecule has 0 bridgehead atoms. The summed E-state index contributed by atoms with van der Waals surface area (Å²) in [5.74, 6) is -0.273. The van der Waals surface area contributed by atoms with Gasteiger partial charge in [-0.05, 0) is 18.6 Å². The number of amides is 1. The van der Waals surface area contributed by atoms with Crippen molar-refractivity contribution in [1.82, 2.24) is 20.1 Å². The first kappa shape index (κ1) is 14.6. The van der Waals surface area contributed by atoms with Crippen molar-refractivity contribution in [1.29, 1.82) is 0 Å². The van der Waals surface area contributed by atoms with Gasteiger partial charge in [0, 0.05) is 6.20 Å². The van der Waals surface area contributed by atoms with Crippen LogP contribution in [0.5, 0.6) is 0 Å². The molecule has 2 rings (SSSR count). The van der Waals surface area contributed by atoms with E-state index >= 15 is 0 Å². The fourth-order valence-corrected chi connectivity index (χ4v) is 1.89. The lowest BCUT2D eigenvalue weighted by Gasteiger charge is -2.16. The SMILES string of the molecule is CC[C@H](NC(=O)Cn1cc([N+](=O)[O-])cn1)c1ccccn1. The lowest BCUT2D eigenvalue weighted by Crippen LogP contribution is -2.31. The maximum Gasteiger partial charge on any atom is 0.307 e. The third-order valence-corrected chi connectivity index (χ3v) is 2.92. The summed E-state index contributed by atoms with van der Waals surface area (Å²) in [4.78, 5) is 26.2. The Balaban J connectivity index is 1.98. The van der Waals surface area contributed by atoms with Crippen LogP contribution in [0.4, 0.5) is 5.69 Å². The van der Waals surface area contributed by atoms with Crippen molar-refractivity contribution in [3.63, 3.8) is 0 Å². The highest BCUT2D eigenvalue weighted by molar-refractivity contribution is 5.76. The van der Waals surface area contributed by atoms with E-state index in [9.17, 15) is 14.9 Å². The Hall–Kier alpha value is -2.77. The molecule has 1 N–H and O–H groups in total. The van der Waals surface area contributed by atoms with Crippen LogP contribution in [-0.2, 0) is 11.3 Å². The first-order valence-corrected chi connectivity index (χ1v) is 6.47. The molecule has 21 heavy (non-hydrogen) atoms. The summed E-state index contributed by atoms with van der Waals surface area (Å²) in [6.07, 6.45) is 4.70. The van der Waals surface area contributed by atoms with Gasteiger partial charge in [-0.15, -0.1) is 0 Å². The number of hydrogen-bond donors (Lipinski definition) is 1. The summed E-state index contributed by atoms with van der Waals surface area (Å²) in [6.45, 7) is 1.87. The van der Waals surface area contributed by atoms with Gasteiger partial charge in [0.15, 0.2) is 0 Å². The molecule has 1 atom stereocenters. The number of nitrogens with one attached hydrogen (secondary N) is 1. The van der Waals surface area contributed by atoms with E-state index in [1.165, 1.54) is 10.9 Å². The number of hydrogen-bond acceptors (Lipinski definition) is 5. The number of rotatable bonds is 6. The zero-order chi connectivity index (χ0) is 15.2. The van der Waals surface area contributed by atoms with Gasteiger partial charge in [-0.1, -0.05) is 13.0 Å². The summed E-state index contributed by atoms with van der Waals surface area (Å²) in [7, 11) is 0. The molecule has 8 nitrogen and oxygen atoms in total. The van der Waals surface area contributed by atoms with Crippen molar-refractivity contribution < 1.29 is 9.72 Å². The van der Waals surface area contributed by atoms with Crippen LogP contribution < -0.4 is 5.32 Å². The van der Waals surface area contributed by atoms with Gasteiger partial charge < -0.3 is 5.32 Å². The van der Waals surface area contributed by atoms with Gasteiger partial charge in [0.05, 0.1) is 16.7 Å². The van der Waals surface area contributed by atoms with Gasteiger partial charge in [-0.3, -0.25) is 24.6 Å². The van der Waals surface area contributed by atoms with Gasteiger partial charge in [0.25, 0.3) is 0 Å². The fraction of sp³-hybridized carbons (Fsp3) is 0.308. The van der Waals surface area contributed by atoms with Crippen LogP contribution in [0.2, 0.25) is 0 Å². The molecule has 0 fully saturated rings. The largest absolute Gasteiger partial charge is 0.346 e. The van der Waals surface area contributed by atoms with E-state index in [0.717, 1.165) is 11.9 Å². The molecule has 0 aromatic carbocycles. The molecule has 2 aromatic heterocycles. The number of pyridine rings is 1. The molecule has 0 aliphatic carbocycles. The molecular weight excluding hydrogens is 274 g/mol. The normalized spacial score (nSPS) is 11.9. The smallest absolute Gasteiger partial charge is 0.307 e. The average molecular weight is 289 g/mol. The van der Waals surface area contributed by atoms with E-state index in [2.05, 4.69) is 15.4 Å². The predicted octanol–water partition coefficient (Wildman–Crippen LogP) is 1.45. The van der Waals surface area contributed by atoms with E-state index in [1.807, 2.05) is 19.1 Å². The maximum absolute atomic E-state index is 12.0. The first-order valence-electron chi connectivity index (χ1n) is 6.47. The Labute approximate surface area is 121 Å². The molecule has 0 aliphatic heterocycles. The average Bonchev–Trinajstić information content (AvgIpc) is 2.94. The number of aromatic nitrogens is 3. The highest BCUT2D eigenvalue weighted by Gasteiger charge is 2.15. The molecule has 8 heteroatoms. The number of nitro groups is 1. The van der Waals surface area contributed by atoms with E-state index in [0.29, 0.717) is 6.42 Å². The predicted molar refractivity (Wildman–Crippen MR) is 74.3 cm³/mol. The summed E-state index contributed by atoms with van der Waals surface area (Å²) >= 11 is 0. The third-order valence-electron chi connectivity index (χ3n) is 2.92. The minimum Gasteiger partial charge on any atom is -0.346 e. The monoisotopic (exact) mass is 289 g/mol. The molecule has 0 saturated carbocycles. The highest BCUT2D eigenvalue weighted by Crippen LogP contribution is 2.13. The van der Waals surface area contributed by atoms with Crippen LogP contribution in [0, 0.1) is 10.1 Å². The summed E-state index contributed by atoms with van der Waals surface area (Å²) in [5, 5.41) is 17.2. The van der Waals surface area contributed by atoms with Crippen LogP contribution in [0.3, 0.4) is 0 Å². The number of nitrogens with zero attached hydrogens (tertiary/aromatic N) is 4. The number of carbonyl (C=O) groups excluding carboxylic acids is 1. The Morgan fingerprint density at radius 3 is 2.90 bits per heavy atom. The van der Waals surface area contributed by atoms with E-state index < -0.39 is 4.92 Å². The zero-order valence-corrected chi connectivity index (χ0v) is 11.5. The van der Waals surface area contributed by atoms with Gasteiger partial charge in [0.2, 0.25) is 5.91 Å². The van der Waals surface area contributed by atoms with Gasteiger partial charge in [-0.25, -0.2) is 0 Å². The lowest BCUT2D eigenvalue weighted by molar-refractivity contribution is -0.385. The molecular formula is C13H15N5O3. The molecule has 0 saturated heterocycles. The minimum atomic E-state index is -0.551. The van der Waals surface area contributed by atoms with Crippen molar-refractivity contribution >= 4 is 11.6 Å². The molecule has 2 heterocycles. The molecule has 1 amide bonds. The molecule has 0 unspecified atom stereocenters. The molecule has 0 aliphatic rings. The minimum absolute atomic E-state index is 0.0722. The van der Waals surface area contributed by atoms with E-state index in [-0.39, 0.29) is 24.2 Å². The van der Waals surface area contributed by atoms with Crippen LogP contribution in [0.1, 0.15) is 25.1 Å². The Bertz CT molecular complexity index is 626. The molecule has 110 valence electrons. The van der Waals surface area contributed by atoms with Crippen molar-refractivity contribution in [3.05, 3.63) is 52.6 Å². The van der Waals surface area contributed by atoms with Crippen molar-refractivity contribution in [2.24, 2.45) is 0 Å². The standard InChI is InChI=1S/C13H15N5O3/c1-2-11(12-5-3-4-6-14-12)16-13(19)9-17-8-10(7-15-17)18(20)21/h3-8,11H,2,9H2,1H3,(H,16,19)/t11-/m0/s1. The Kier molecular flexibility index (Phi) is 4.60. The van der Waals surface area contributed by atoms with Crippen molar-refractivity contribution in [3.8, 4) is 0 Å². The van der Waals surface area contributed by atoms with Gasteiger partial charge >= 0.3 is 5.69 Å². The molecule has 2 aromatic rings. The van der Waals surface area contributed by atoms with Gasteiger partial charge in [-0.2, -0.15) is 5.10 Å². The van der Waals surface area contributed by atoms with E-state index in [4.69, 9.17) is 0 Å². The quantitative estimate of drug-likeness (QED) is 0.640. The molecule has 0 radical (unpaired) electrons. The summed E-state index contributed by atoms with van der Waals surface area (Å²) in [5.41, 5.74) is 0.638. The first-order chi connectivity index (χ1) is 10.1. The second kappa shape index (κ2) is 6.60. The molecule has 0 spiro atoms. The maximum atomic E-state index is 12.0. The highest BCUT2D eigenvalue weighted by atomic mass is 16.6. The van der Waals surface area contributed by atoms with E-state index in [1.54, 1.807) is 12.3 Å². The zero-order valence-electron chi connectivity index (χ0n) is 11.5. The topological polar surface area (TPSA) is 103 Å². The van der Waals surface area contributed by atoms with Crippen LogP contribution in [0.15, 0.2) is 36.8 Å². The Morgan fingerprint density at radius 2 is 2.33 bits per heavy atom. The van der Waals surface area contributed by atoms with Crippen LogP contribution in [-0.4, -0.2) is 25.6 Å². The number of carbonyl (C=O) groups is 1. The van der Waals surface area contributed by atoms with Gasteiger partial charge in [0.1, 0.15) is 18.9 Å². The van der Waals surface area contributed by atoms with Crippen molar-refractivity contribution in [2.45, 2.75) is 25.9 Å². The summed E-state index contributed by atoms with van der Waals surface area (Å²) < 4.78 is 1.23. The van der Waals surface area contributed by atoms with Crippen molar-refractivity contribution in [2.75, 3.05) is 0 Å². The second-order valence-electron chi connectivity index (χ2n) is 4.44. The lowest BCUT2D eigenvalue weighted by atomic mass is 10.1. The fourth-order valence-electron chi connectivity index (χ4n) is 1.89. The van der Waals surface area contributed by atoms with Crippen LogP contribution >= 0.6 is 0 Å². The Morgan fingerprint density at radius 1 is 1.52 bits per heavy atom. The van der Waals surface area contributed by atoms with Crippen LogP contribution in [0.25, 0.3) is 0 Å². The summed E-state index contributed by atoms with van der Waals surface area (Å²) in [6, 6.07) is 5.31. The third kappa shape index (κ3) is 3.85. The second-order valence-corrected chi connectivity index (χ2v) is 4.44.